The normalized spacial score (nSPS) is 26.5. The van der Waals surface area contributed by atoms with Gasteiger partial charge in [0, 0.05) is 25.6 Å². The highest BCUT2D eigenvalue weighted by molar-refractivity contribution is 5.90. The van der Waals surface area contributed by atoms with Crippen molar-refractivity contribution in [1.82, 2.24) is 15.5 Å². The Bertz CT molecular complexity index is 327. The van der Waals surface area contributed by atoms with E-state index in [1.54, 1.807) is 0 Å². The van der Waals surface area contributed by atoms with E-state index in [0.717, 1.165) is 38.9 Å². The zero-order chi connectivity index (χ0) is 13.7. The number of unbranched alkanes of at least 4 members (excludes halogenated alkanes) is 1. The number of carbonyl (C=O) groups is 2. The molecule has 1 unspecified atom stereocenters. The molecular weight excluding hydrogens is 242 g/mol. The van der Waals surface area contributed by atoms with Gasteiger partial charge in [-0.15, -0.1) is 0 Å². The first-order valence-corrected chi connectivity index (χ1v) is 7.52. The molecule has 0 spiro atoms. The Morgan fingerprint density at radius 3 is 2.84 bits per heavy atom. The first kappa shape index (κ1) is 14.3. The molecule has 2 amide bonds. The molecule has 2 saturated heterocycles. The van der Waals surface area contributed by atoms with E-state index in [1.165, 1.54) is 6.42 Å². The van der Waals surface area contributed by atoms with Gasteiger partial charge in [-0.25, -0.2) is 0 Å². The molecule has 2 aliphatic heterocycles. The average Bonchev–Trinajstić information content (AvgIpc) is 3.05. The van der Waals surface area contributed by atoms with Gasteiger partial charge in [-0.1, -0.05) is 13.3 Å². The van der Waals surface area contributed by atoms with Crippen molar-refractivity contribution in [3.8, 4) is 0 Å². The Labute approximate surface area is 115 Å². The van der Waals surface area contributed by atoms with E-state index in [-0.39, 0.29) is 17.9 Å². The number of amides is 2. The highest BCUT2D eigenvalue weighted by Gasteiger charge is 2.31. The molecule has 0 aromatic rings. The molecule has 5 nitrogen and oxygen atoms in total. The van der Waals surface area contributed by atoms with Crippen molar-refractivity contribution in [2.45, 2.75) is 57.5 Å². The minimum atomic E-state index is -0.286. The summed E-state index contributed by atoms with van der Waals surface area (Å²) in [6.45, 7) is 4.78. The van der Waals surface area contributed by atoms with Crippen LogP contribution in [0, 0.1) is 0 Å². The molecule has 0 aromatic heterocycles. The third-order valence-corrected chi connectivity index (χ3v) is 3.99. The molecule has 0 aliphatic carbocycles. The number of rotatable bonds is 6. The van der Waals surface area contributed by atoms with E-state index in [1.807, 2.05) is 4.90 Å². The van der Waals surface area contributed by atoms with Crippen molar-refractivity contribution in [3.05, 3.63) is 0 Å². The van der Waals surface area contributed by atoms with Crippen molar-refractivity contribution in [1.29, 1.82) is 0 Å². The summed E-state index contributed by atoms with van der Waals surface area (Å²) in [7, 11) is 0. The van der Waals surface area contributed by atoms with Crippen LogP contribution in [0.1, 0.15) is 45.4 Å². The van der Waals surface area contributed by atoms with Gasteiger partial charge in [-0.2, -0.15) is 0 Å². The molecule has 2 atom stereocenters. The molecule has 0 radical (unpaired) electrons. The molecule has 2 fully saturated rings. The van der Waals surface area contributed by atoms with Gasteiger partial charge in [-0.05, 0) is 32.2 Å². The topological polar surface area (TPSA) is 61.4 Å². The van der Waals surface area contributed by atoms with Gasteiger partial charge < -0.3 is 15.5 Å². The summed E-state index contributed by atoms with van der Waals surface area (Å²) in [5.41, 5.74) is 0. The zero-order valence-corrected chi connectivity index (χ0v) is 11.8. The molecule has 2 rings (SSSR count). The van der Waals surface area contributed by atoms with Gasteiger partial charge in [0.05, 0.1) is 0 Å². The monoisotopic (exact) mass is 267 g/mol. The van der Waals surface area contributed by atoms with Gasteiger partial charge in [-0.3, -0.25) is 9.59 Å². The minimum absolute atomic E-state index is 0.00721. The summed E-state index contributed by atoms with van der Waals surface area (Å²) in [6, 6.07) is 0.142. The lowest BCUT2D eigenvalue weighted by Crippen LogP contribution is -2.48. The van der Waals surface area contributed by atoms with E-state index in [9.17, 15) is 9.59 Å². The average molecular weight is 267 g/mol. The molecule has 2 heterocycles. The highest BCUT2D eigenvalue weighted by Crippen LogP contribution is 2.13. The Morgan fingerprint density at radius 1 is 1.42 bits per heavy atom. The number of nitrogens with zero attached hydrogens (tertiary/aromatic N) is 1. The second kappa shape index (κ2) is 6.89. The summed E-state index contributed by atoms with van der Waals surface area (Å²) in [5.74, 6) is 0.112. The van der Waals surface area contributed by atoms with E-state index in [4.69, 9.17) is 0 Å². The summed E-state index contributed by atoms with van der Waals surface area (Å²) in [5, 5.41) is 6.22. The van der Waals surface area contributed by atoms with Gasteiger partial charge in [0.2, 0.25) is 11.8 Å². The van der Waals surface area contributed by atoms with Gasteiger partial charge >= 0.3 is 0 Å². The van der Waals surface area contributed by atoms with E-state index in [0.29, 0.717) is 18.9 Å². The van der Waals surface area contributed by atoms with Crippen LogP contribution in [0.5, 0.6) is 0 Å². The molecule has 2 aliphatic rings. The number of hydrogen-bond acceptors (Lipinski definition) is 3. The molecule has 5 heteroatoms. The van der Waals surface area contributed by atoms with Gasteiger partial charge in [0.15, 0.2) is 0 Å². The van der Waals surface area contributed by atoms with Crippen molar-refractivity contribution >= 4 is 11.8 Å². The quantitative estimate of drug-likeness (QED) is 0.742. The SMILES string of the molecule is CCCCN(CC1CCCN1)C(=O)[C@@H]1CCC(=O)N1. The minimum Gasteiger partial charge on any atom is -0.344 e. The Morgan fingerprint density at radius 2 is 2.26 bits per heavy atom. The maximum Gasteiger partial charge on any atom is 0.245 e. The van der Waals surface area contributed by atoms with Gasteiger partial charge in [0.25, 0.3) is 0 Å². The van der Waals surface area contributed by atoms with Crippen LogP contribution in [-0.2, 0) is 9.59 Å². The largest absolute Gasteiger partial charge is 0.344 e. The van der Waals surface area contributed by atoms with Crippen molar-refractivity contribution in [2.75, 3.05) is 19.6 Å². The predicted molar refractivity (Wildman–Crippen MR) is 73.7 cm³/mol. The molecule has 0 bridgehead atoms. The highest BCUT2D eigenvalue weighted by atomic mass is 16.2. The Hall–Kier alpha value is -1.10. The fraction of sp³-hybridized carbons (Fsp3) is 0.857. The van der Waals surface area contributed by atoms with Crippen LogP contribution < -0.4 is 10.6 Å². The molecule has 108 valence electrons. The van der Waals surface area contributed by atoms with E-state index in [2.05, 4.69) is 17.6 Å². The fourth-order valence-corrected chi connectivity index (χ4v) is 2.84. The summed E-state index contributed by atoms with van der Waals surface area (Å²) < 4.78 is 0. The lowest BCUT2D eigenvalue weighted by molar-refractivity contribution is -0.134. The predicted octanol–water partition coefficient (Wildman–Crippen LogP) is 0.646. The number of carbonyl (C=O) groups excluding carboxylic acids is 2. The van der Waals surface area contributed by atoms with Gasteiger partial charge in [0.1, 0.15) is 6.04 Å². The van der Waals surface area contributed by atoms with Crippen LogP contribution in [0.15, 0.2) is 0 Å². The van der Waals surface area contributed by atoms with Crippen molar-refractivity contribution in [2.24, 2.45) is 0 Å². The Balaban J connectivity index is 1.90. The Kier molecular flexibility index (Phi) is 5.19. The van der Waals surface area contributed by atoms with Crippen LogP contribution >= 0.6 is 0 Å². The fourth-order valence-electron chi connectivity index (χ4n) is 2.84. The lowest BCUT2D eigenvalue weighted by atomic mass is 10.1. The van der Waals surface area contributed by atoms with Crippen molar-refractivity contribution in [3.63, 3.8) is 0 Å². The van der Waals surface area contributed by atoms with Crippen LogP contribution in [-0.4, -0.2) is 48.4 Å². The maximum absolute atomic E-state index is 12.5. The molecule has 19 heavy (non-hydrogen) atoms. The molecular formula is C14H25N3O2. The first-order chi connectivity index (χ1) is 9.20. The van der Waals surface area contributed by atoms with Crippen LogP contribution in [0.4, 0.5) is 0 Å². The van der Waals surface area contributed by atoms with E-state index >= 15 is 0 Å². The summed E-state index contributed by atoms with van der Waals surface area (Å²) in [6.07, 6.45) is 5.59. The van der Waals surface area contributed by atoms with Crippen LogP contribution in [0.3, 0.4) is 0 Å². The molecule has 0 saturated carbocycles. The molecule has 2 N–H and O–H groups in total. The van der Waals surface area contributed by atoms with Crippen LogP contribution in [0.2, 0.25) is 0 Å². The molecule has 0 aromatic carbocycles. The van der Waals surface area contributed by atoms with E-state index < -0.39 is 0 Å². The lowest BCUT2D eigenvalue weighted by Gasteiger charge is -2.28. The smallest absolute Gasteiger partial charge is 0.245 e. The van der Waals surface area contributed by atoms with Crippen LogP contribution in [0.25, 0.3) is 0 Å². The maximum atomic E-state index is 12.5. The second-order valence-electron chi connectivity index (χ2n) is 5.59. The third kappa shape index (κ3) is 3.93. The second-order valence-corrected chi connectivity index (χ2v) is 5.59. The summed E-state index contributed by atoms with van der Waals surface area (Å²) >= 11 is 0. The third-order valence-electron chi connectivity index (χ3n) is 3.99. The first-order valence-electron chi connectivity index (χ1n) is 7.52. The summed E-state index contributed by atoms with van der Waals surface area (Å²) in [4.78, 5) is 25.7. The number of nitrogens with one attached hydrogen (secondary N) is 2. The van der Waals surface area contributed by atoms with Crippen molar-refractivity contribution < 1.29 is 9.59 Å². The number of hydrogen-bond donors (Lipinski definition) is 2. The standard InChI is InChI=1S/C14H25N3O2/c1-2-3-9-17(10-11-5-4-8-15-11)14(19)12-6-7-13(18)16-12/h11-12,15H,2-10H2,1H3,(H,16,18)/t11?,12-/m0/s1. The zero-order valence-electron chi connectivity index (χ0n) is 11.8.